The molecule has 0 heterocycles. The van der Waals surface area contributed by atoms with E-state index in [2.05, 4.69) is 9.05 Å². The zero-order valence-electron chi connectivity index (χ0n) is 7.58. The van der Waals surface area contributed by atoms with Gasteiger partial charge in [0.05, 0.1) is 13.2 Å². The lowest BCUT2D eigenvalue weighted by Gasteiger charge is -2.11. The van der Waals surface area contributed by atoms with Crippen molar-refractivity contribution in [3.63, 3.8) is 0 Å². The smallest absolute Gasteiger partial charge is 0.302 e. The highest BCUT2D eigenvalue weighted by Gasteiger charge is 2.27. The summed E-state index contributed by atoms with van der Waals surface area (Å²) in [5, 5.41) is 0. The number of hydrogen-bond acceptors (Lipinski definition) is 3. The molecule has 0 saturated carbocycles. The van der Waals surface area contributed by atoms with E-state index < -0.39 is 27.0 Å². The maximum atomic E-state index is 11.6. The summed E-state index contributed by atoms with van der Waals surface area (Å²) in [6.07, 6.45) is -5.67. The molecule has 4 nitrogen and oxygen atoms in total. The molecule has 1 N–H and O–H groups in total. The van der Waals surface area contributed by atoms with E-state index >= 15 is 0 Å². The van der Waals surface area contributed by atoms with Gasteiger partial charge in [-0.3, -0.25) is 9.05 Å². The van der Waals surface area contributed by atoms with Crippen molar-refractivity contribution in [2.24, 2.45) is 0 Å². The molecule has 0 bridgehead atoms. The largest absolute Gasteiger partial charge is 0.472 e. The quantitative estimate of drug-likeness (QED) is 0.568. The summed E-state index contributed by atoms with van der Waals surface area (Å²) in [6.45, 7) is 0.988. The van der Waals surface area contributed by atoms with Gasteiger partial charge in [0.1, 0.15) is 0 Å². The van der Waals surface area contributed by atoms with E-state index in [0.29, 0.717) is 0 Å². The standard InChI is InChI=1S/C6H12F3O4P/c1-2-12-14(10,11)13-5-3-4-6(7,8)9/h2-5H2,1H3,(H,10,11). The number of phosphoric ester groups is 1. The van der Waals surface area contributed by atoms with Crippen molar-refractivity contribution >= 4 is 7.82 Å². The third-order valence-corrected chi connectivity index (χ3v) is 2.24. The van der Waals surface area contributed by atoms with E-state index in [-0.39, 0.29) is 13.0 Å². The predicted molar refractivity (Wildman–Crippen MR) is 42.7 cm³/mol. The van der Waals surface area contributed by atoms with Crippen molar-refractivity contribution in [2.45, 2.75) is 25.9 Å². The molecule has 86 valence electrons. The molecule has 0 radical (unpaired) electrons. The first-order chi connectivity index (χ1) is 6.27. The lowest BCUT2D eigenvalue weighted by molar-refractivity contribution is -0.136. The van der Waals surface area contributed by atoms with Gasteiger partial charge in [0.2, 0.25) is 0 Å². The fraction of sp³-hybridized carbons (Fsp3) is 1.00. The Hall–Kier alpha value is -0.100. The summed E-state index contributed by atoms with van der Waals surface area (Å²) < 4.78 is 54.1. The summed E-state index contributed by atoms with van der Waals surface area (Å²) in [5.74, 6) is 0. The normalized spacial score (nSPS) is 16.6. The van der Waals surface area contributed by atoms with Crippen LogP contribution in [-0.4, -0.2) is 24.3 Å². The first kappa shape index (κ1) is 13.9. The maximum absolute atomic E-state index is 11.6. The average Bonchev–Trinajstić information content (AvgIpc) is 1.96. The summed E-state index contributed by atoms with van der Waals surface area (Å²) in [5.41, 5.74) is 0. The second-order valence-corrected chi connectivity index (χ2v) is 3.89. The van der Waals surface area contributed by atoms with Gasteiger partial charge >= 0.3 is 14.0 Å². The van der Waals surface area contributed by atoms with Crippen LogP contribution in [0.25, 0.3) is 0 Å². The fourth-order valence-corrected chi connectivity index (χ4v) is 1.41. The topological polar surface area (TPSA) is 55.8 Å². The van der Waals surface area contributed by atoms with E-state index in [0.717, 1.165) is 0 Å². The van der Waals surface area contributed by atoms with Crippen molar-refractivity contribution in [3.05, 3.63) is 0 Å². The minimum Gasteiger partial charge on any atom is -0.302 e. The molecule has 0 spiro atoms. The molecular weight excluding hydrogens is 224 g/mol. The highest BCUT2D eigenvalue weighted by Crippen LogP contribution is 2.43. The molecule has 0 aromatic heterocycles. The molecular formula is C6H12F3O4P. The van der Waals surface area contributed by atoms with Crippen molar-refractivity contribution in [1.29, 1.82) is 0 Å². The molecule has 0 aromatic rings. The number of hydrogen-bond donors (Lipinski definition) is 1. The molecule has 0 amide bonds. The van der Waals surface area contributed by atoms with Crippen LogP contribution in [0.5, 0.6) is 0 Å². The number of phosphoric acid groups is 1. The summed E-state index contributed by atoms with van der Waals surface area (Å²) in [4.78, 5) is 8.77. The van der Waals surface area contributed by atoms with Crippen LogP contribution in [0.3, 0.4) is 0 Å². The Morgan fingerprint density at radius 3 is 2.36 bits per heavy atom. The van der Waals surface area contributed by atoms with Gasteiger partial charge in [-0.25, -0.2) is 4.57 Å². The Morgan fingerprint density at radius 2 is 1.93 bits per heavy atom. The van der Waals surface area contributed by atoms with E-state index in [1.807, 2.05) is 0 Å². The van der Waals surface area contributed by atoms with Crippen LogP contribution >= 0.6 is 7.82 Å². The predicted octanol–water partition coefficient (Wildman–Crippen LogP) is 2.48. The Bertz CT molecular complexity index is 206. The van der Waals surface area contributed by atoms with E-state index in [9.17, 15) is 17.7 Å². The third kappa shape index (κ3) is 8.50. The Morgan fingerprint density at radius 1 is 1.36 bits per heavy atom. The monoisotopic (exact) mass is 236 g/mol. The molecule has 0 saturated heterocycles. The SMILES string of the molecule is CCOP(=O)(O)OCCCC(F)(F)F. The highest BCUT2D eigenvalue weighted by atomic mass is 31.2. The summed E-state index contributed by atoms with van der Waals surface area (Å²) in [6, 6.07) is 0. The van der Waals surface area contributed by atoms with Gasteiger partial charge < -0.3 is 4.89 Å². The number of halogens is 3. The molecule has 0 rings (SSSR count). The molecule has 0 aliphatic carbocycles. The number of rotatable bonds is 6. The average molecular weight is 236 g/mol. The van der Waals surface area contributed by atoms with Gasteiger partial charge in [-0.05, 0) is 13.3 Å². The second kappa shape index (κ2) is 5.70. The van der Waals surface area contributed by atoms with Gasteiger partial charge in [0.15, 0.2) is 0 Å². The zero-order chi connectivity index (χ0) is 11.2. The van der Waals surface area contributed by atoms with Gasteiger partial charge in [0, 0.05) is 6.42 Å². The first-order valence-electron chi connectivity index (χ1n) is 3.95. The van der Waals surface area contributed by atoms with Crippen LogP contribution in [-0.2, 0) is 13.6 Å². The van der Waals surface area contributed by atoms with Crippen LogP contribution in [0.4, 0.5) is 13.2 Å². The van der Waals surface area contributed by atoms with Crippen LogP contribution in [0.2, 0.25) is 0 Å². The van der Waals surface area contributed by atoms with Gasteiger partial charge in [0.25, 0.3) is 0 Å². The highest BCUT2D eigenvalue weighted by molar-refractivity contribution is 7.47. The molecule has 0 fully saturated rings. The lowest BCUT2D eigenvalue weighted by Crippen LogP contribution is -2.08. The van der Waals surface area contributed by atoms with Crippen LogP contribution in [0.15, 0.2) is 0 Å². The van der Waals surface area contributed by atoms with Crippen LogP contribution in [0.1, 0.15) is 19.8 Å². The van der Waals surface area contributed by atoms with E-state index in [4.69, 9.17) is 4.89 Å². The minimum absolute atomic E-state index is 0.0347. The third-order valence-electron chi connectivity index (χ3n) is 1.15. The molecule has 14 heavy (non-hydrogen) atoms. The van der Waals surface area contributed by atoms with E-state index in [1.54, 1.807) is 0 Å². The maximum Gasteiger partial charge on any atom is 0.472 e. The van der Waals surface area contributed by atoms with Crippen molar-refractivity contribution < 1.29 is 31.7 Å². The number of alkyl halides is 3. The van der Waals surface area contributed by atoms with Crippen molar-refractivity contribution in [1.82, 2.24) is 0 Å². The molecule has 8 heteroatoms. The minimum atomic E-state index is -4.27. The molecule has 1 atom stereocenters. The Balaban J connectivity index is 3.59. The molecule has 1 unspecified atom stereocenters. The molecule has 0 aliphatic rings. The van der Waals surface area contributed by atoms with Crippen molar-refractivity contribution in [3.8, 4) is 0 Å². The van der Waals surface area contributed by atoms with Gasteiger partial charge in [-0.15, -0.1) is 0 Å². The fourth-order valence-electron chi connectivity index (χ4n) is 0.653. The van der Waals surface area contributed by atoms with Crippen LogP contribution in [0, 0.1) is 0 Å². The van der Waals surface area contributed by atoms with Gasteiger partial charge in [-0.2, -0.15) is 13.2 Å². The Kier molecular flexibility index (Phi) is 5.66. The lowest BCUT2D eigenvalue weighted by atomic mass is 10.3. The Labute approximate surface area is 79.6 Å². The van der Waals surface area contributed by atoms with Crippen LogP contribution < -0.4 is 0 Å². The van der Waals surface area contributed by atoms with E-state index in [1.165, 1.54) is 6.92 Å². The summed E-state index contributed by atoms with van der Waals surface area (Å²) >= 11 is 0. The zero-order valence-corrected chi connectivity index (χ0v) is 8.48. The second-order valence-electron chi connectivity index (χ2n) is 2.44. The molecule has 0 aromatic carbocycles. The molecule has 0 aliphatic heterocycles. The van der Waals surface area contributed by atoms with Crippen molar-refractivity contribution in [2.75, 3.05) is 13.2 Å². The first-order valence-corrected chi connectivity index (χ1v) is 5.45. The van der Waals surface area contributed by atoms with Gasteiger partial charge in [-0.1, -0.05) is 0 Å². The summed E-state index contributed by atoms with van der Waals surface area (Å²) in [7, 11) is -4.14.